The molecule has 0 aromatic carbocycles. The number of amides is 1. The summed E-state index contributed by atoms with van der Waals surface area (Å²) in [6, 6.07) is 1.58. The Hall–Kier alpha value is -1.59. The lowest BCUT2D eigenvalue weighted by Crippen LogP contribution is -2.28. The van der Waals surface area contributed by atoms with Gasteiger partial charge in [-0.05, 0) is 20.8 Å². The van der Waals surface area contributed by atoms with Crippen LogP contribution in [0.3, 0.4) is 0 Å². The third-order valence-electron chi connectivity index (χ3n) is 1.64. The van der Waals surface area contributed by atoms with Crippen LogP contribution in [0, 0.1) is 0 Å². The summed E-state index contributed by atoms with van der Waals surface area (Å²) >= 11 is 0. The van der Waals surface area contributed by atoms with Crippen molar-refractivity contribution in [3.63, 3.8) is 0 Å². The molecule has 1 N–H and O–H groups in total. The molecule has 16 heavy (non-hydrogen) atoms. The molecule has 0 unspecified atom stereocenters. The number of nitrogens with one attached hydrogen (secondary N) is 1. The third-order valence-corrected chi connectivity index (χ3v) is 1.64. The van der Waals surface area contributed by atoms with Gasteiger partial charge in [-0.25, -0.2) is 13.9 Å². The number of alkyl halides is 1. The van der Waals surface area contributed by atoms with Crippen LogP contribution >= 0.6 is 0 Å². The van der Waals surface area contributed by atoms with Gasteiger partial charge in [0.25, 0.3) is 0 Å². The molecule has 1 aromatic heterocycles. The van der Waals surface area contributed by atoms with Crippen molar-refractivity contribution in [2.75, 3.05) is 12.0 Å². The minimum absolute atomic E-state index is 0.109. The molecule has 0 aliphatic heterocycles. The Labute approximate surface area is 93.6 Å². The first kappa shape index (κ1) is 12.5. The SMILES string of the molecule is CC(C)(C)OC(=O)Nc1ccnn1CCF. The number of hydrogen-bond acceptors (Lipinski definition) is 3. The molecule has 1 aromatic rings. The zero-order valence-electron chi connectivity index (χ0n) is 9.66. The van der Waals surface area contributed by atoms with E-state index in [0.29, 0.717) is 5.82 Å². The van der Waals surface area contributed by atoms with E-state index in [1.165, 1.54) is 10.9 Å². The van der Waals surface area contributed by atoms with Crippen molar-refractivity contribution in [1.82, 2.24) is 9.78 Å². The average Bonchev–Trinajstić information content (AvgIpc) is 2.50. The number of anilines is 1. The first-order chi connectivity index (χ1) is 7.42. The van der Waals surface area contributed by atoms with Crippen LogP contribution in [-0.2, 0) is 11.3 Å². The zero-order valence-corrected chi connectivity index (χ0v) is 9.66. The van der Waals surface area contributed by atoms with Crippen LogP contribution < -0.4 is 5.32 Å². The lowest BCUT2D eigenvalue weighted by atomic mass is 10.2. The van der Waals surface area contributed by atoms with Crippen LogP contribution in [0.25, 0.3) is 0 Å². The fourth-order valence-corrected chi connectivity index (χ4v) is 1.11. The predicted octanol–water partition coefficient (Wildman–Crippen LogP) is 2.20. The van der Waals surface area contributed by atoms with Gasteiger partial charge < -0.3 is 4.74 Å². The smallest absolute Gasteiger partial charge is 0.413 e. The van der Waals surface area contributed by atoms with Gasteiger partial charge in [0.05, 0.1) is 12.7 Å². The van der Waals surface area contributed by atoms with E-state index in [2.05, 4.69) is 10.4 Å². The van der Waals surface area contributed by atoms with Gasteiger partial charge in [-0.2, -0.15) is 5.10 Å². The number of carbonyl (C=O) groups excluding carboxylic acids is 1. The van der Waals surface area contributed by atoms with E-state index in [-0.39, 0.29) is 6.54 Å². The van der Waals surface area contributed by atoms with Crippen LogP contribution in [0.15, 0.2) is 12.3 Å². The monoisotopic (exact) mass is 229 g/mol. The van der Waals surface area contributed by atoms with Crippen molar-refractivity contribution < 1.29 is 13.9 Å². The maximum Gasteiger partial charge on any atom is 0.413 e. The molecule has 0 atom stereocenters. The quantitative estimate of drug-likeness (QED) is 0.864. The minimum Gasteiger partial charge on any atom is -0.444 e. The molecule has 0 bridgehead atoms. The van der Waals surface area contributed by atoms with E-state index in [1.807, 2.05) is 0 Å². The first-order valence-corrected chi connectivity index (χ1v) is 5.00. The van der Waals surface area contributed by atoms with E-state index >= 15 is 0 Å². The van der Waals surface area contributed by atoms with Crippen molar-refractivity contribution in [2.45, 2.75) is 32.9 Å². The number of rotatable bonds is 3. The number of halogens is 1. The second-order valence-corrected chi connectivity index (χ2v) is 4.26. The summed E-state index contributed by atoms with van der Waals surface area (Å²) in [7, 11) is 0. The summed E-state index contributed by atoms with van der Waals surface area (Å²) in [4.78, 5) is 11.4. The van der Waals surface area contributed by atoms with E-state index in [4.69, 9.17) is 4.74 Å². The number of carbonyl (C=O) groups is 1. The normalized spacial score (nSPS) is 11.2. The standard InChI is InChI=1S/C10H16FN3O2/c1-10(2,3)16-9(15)13-8-4-6-12-14(8)7-5-11/h4,6H,5,7H2,1-3H3,(H,13,15). The van der Waals surface area contributed by atoms with Crippen molar-refractivity contribution in [1.29, 1.82) is 0 Å². The molecule has 0 aliphatic carbocycles. The second kappa shape index (κ2) is 4.96. The van der Waals surface area contributed by atoms with Crippen molar-refractivity contribution >= 4 is 11.9 Å². The zero-order chi connectivity index (χ0) is 12.2. The summed E-state index contributed by atoms with van der Waals surface area (Å²) in [5, 5.41) is 6.37. The molecule has 6 heteroatoms. The van der Waals surface area contributed by atoms with Gasteiger partial charge in [0.15, 0.2) is 0 Å². The average molecular weight is 229 g/mol. The molecule has 1 heterocycles. The van der Waals surface area contributed by atoms with Gasteiger partial charge in [-0.15, -0.1) is 0 Å². The number of ether oxygens (including phenoxy) is 1. The fraction of sp³-hybridized carbons (Fsp3) is 0.600. The lowest BCUT2D eigenvalue weighted by Gasteiger charge is -2.19. The van der Waals surface area contributed by atoms with Crippen LogP contribution in [0.2, 0.25) is 0 Å². The molecular formula is C10H16FN3O2. The Balaban J connectivity index is 2.59. The molecule has 0 fully saturated rings. The van der Waals surface area contributed by atoms with Gasteiger partial charge in [-0.1, -0.05) is 0 Å². The molecular weight excluding hydrogens is 213 g/mol. The van der Waals surface area contributed by atoms with E-state index in [0.717, 1.165) is 0 Å². The number of nitrogens with zero attached hydrogens (tertiary/aromatic N) is 2. The minimum atomic E-state index is -0.576. The Morgan fingerprint density at radius 3 is 2.88 bits per heavy atom. The van der Waals surface area contributed by atoms with Crippen molar-refractivity contribution in [3.05, 3.63) is 12.3 Å². The van der Waals surface area contributed by atoms with Gasteiger partial charge in [-0.3, -0.25) is 5.32 Å². The lowest BCUT2D eigenvalue weighted by molar-refractivity contribution is 0.0634. The molecule has 0 spiro atoms. The summed E-state index contributed by atoms with van der Waals surface area (Å²) in [6.07, 6.45) is 0.913. The molecule has 0 radical (unpaired) electrons. The first-order valence-electron chi connectivity index (χ1n) is 5.00. The van der Waals surface area contributed by atoms with Crippen LogP contribution in [-0.4, -0.2) is 28.1 Å². The van der Waals surface area contributed by atoms with Gasteiger partial charge in [0.2, 0.25) is 0 Å². The van der Waals surface area contributed by atoms with Crippen molar-refractivity contribution in [2.24, 2.45) is 0 Å². The van der Waals surface area contributed by atoms with Gasteiger partial charge >= 0.3 is 6.09 Å². The van der Waals surface area contributed by atoms with Crippen LogP contribution in [0.5, 0.6) is 0 Å². The van der Waals surface area contributed by atoms with E-state index < -0.39 is 18.4 Å². The maximum atomic E-state index is 12.1. The molecule has 0 saturated carbocycles. The molecule has 90 valence electrons. The second-order valence-electron chi connectivity index (χ2n) is 4.26. The third kappa shape index (κ3) is 3.88. The summed E-state index contributed by atoms with van der Waals surface area (Å²) in [5.41, 5.74) is -0.560. The molecule has 1 amide bonds. The maximum absolute atomic E-state index is 12.1. The largest absolute Gasteiger partial charge is 0.444 e. The van der Waals surface area contributed by atoms with Crippen molar-refractivity contribution in [3.8, 4) is 0 Å². The van der Waals surface area contributed by atoms with Gasteiger partial charge in [0.1, 0.15) is 18.1 Å². The Bertz CT molecular complexity index is 357. The van der Waals surface area contributed by atoms with Crippen LogP contribution in [0.4, 0.5) is 15.0 Å². The Morgan fingerprint density at radius 1 is 1.62 bits per heavy atom. The summed E-state index contributed by atoms with van der Waals surface area (Å²) in [5.74, 6) is 0.423. The highest BCUT2D eigenvalue weighted by molar-refractivity contribution is 5.83. The molecule has 5 nitrogen and oxygen atoms in total. The molecule has 0 saturated heterocycles. The van der Waals surface area contributed by atoms with Crippen LogP contribution in [0.1, 0.15) is 20.8 Å². The molecule has 0 aliphatic rings. The topological polar surface area (TPSA) is 56.1 Å². The highest BCUT2D eigenvalue weighted by Crippen LogP contribution is 2.11. The summed E-state index contributed by atoms with van der Waals surface area (Å²) in [6.45, 7) is 4.88. The number of hydrogen-bond donors (Lipinski definition) is 1. The Morgan fingerprint density at radius 2 is 2.31 bits per heavy atom. The van der Waals surface area contributed by atoms with E-state index in [1.54, 1.807) is 26.8 Å². The van der Waals surface area contributed by atoms with E-state index in [9.17, 15) is 9.18 Å². The number of aromatic nitrogens is 2. The predicted molar refractivity (Wildman–Crippen MR) is 58.1 cm³/mol. The number of aryl methyl sites for hydroxylation is 1. The Kier molecular flexibility index (Phi) is 3.87. The van der Waals surface area contributed by atoms with Gasteiger partial charge in [0, 0.05) is 6.07 Å². The highest BCUT2D eigenvalue weighted by Gasteiger charge is 2.17. The summed E-state index contributed by atoms with van der Waals surface area (Å²) < 4.78 is 18.6. The highest BCUT2D eigenvalue weighted by atomic mass is 19.1. The molecule has 1 rings (SSSR count). The fourth-order valence-electron chi connectivity index (χ4n) is 1.11.